The minimum absolute atomic E-state index is 0.253. The van der Waals surface area contributed by atoms with Crippen LogP contribution in [0.25, 0.3) is 6.08 Å². The molecule has 0 radical (unpaired) electrons. The van der Waals surface area contributed by atoms with Gasteiger partial charge in [-0.1, -0.05) is 60.7 Å². The Morgan fingerprint density at radius 1 is 1.04 bits per heavy atom. The first kappa shape index (κ1) is 17.0. The summed E-state index contributed by atoms with van der Waals surface area (Å²) in [5.41, 5.74) is 2.89. The second kappa shape index (κ2) is 8.91. The van der Waals surface area contributed by atoms with E-state index in [-0.39, 0.29) is 5.97 Å². The van der Waals surface area contributed by atoms with Crippen LogP contribution in [0.3, 0.4) is 0 Å². The summed E-state index contributed by atoms with van der Waals surface area (Å²) in [6.45, 7) is 3.54. The Balaban J connectivity index is 2.11. The lowest BCUT2D eigenvalue weighted by Gasteiger charge is -2.18. The van der Waals surface area contributed by atoms with Crippen molar-refractivity contribution >= 4 is 12.0 Å². The van der Waals surface area contributed by atoms with E-state index in [1.807, 2.05) is 68.6 Å². The summed E-state index contributed by atoms with van der Waals surface area (Å²) in [6.07, 6.45) is 1.90. The zero-order valence-corrected chi connectivity index (χ0v) is 13.7. The number of hydrogen-bond donors (Lipinski definition) is 0. The van der Waals surface area contributed by atoms with Crippen LogP contribution in [0, 0.1) is 0 Å². The quantitative estimate of drug-likeness (QED) is 0.576. The Morgan fingerprint density at radius 2 is 1.65 bits per heavy atom. The molecule has 0 atom stereocenters. The molecule has 0 N–H and O–H groups in total. The summed E-state index contributed by atoms with van der Waals surface area (Å²) in [5, 5.41) is 0. The van der Waals surface area contributed by atoms with Crippen LogP contribution in [0.2, 0.25) is 0 Å². The molecule has 0 fully saturated rings. The molecule has 0 heterocycles. The molecule has 0 aliphatic rings. The van der Waals surface area contributed by atoms with Crippen molar-refractivity contribution < 1.29 is 9.53 Å². The van der Waals surface area contributed by atoms with E-state index in [9.17, 15) is 4.79 Å². The van der Waals surface area contributed by atoms with Gasteiger partial charge >= 0.3 is 5.97 Å². The molecular weight excluding hydrogens is 286 g/mol. The zero-order valence-electron chi connectivity index (χ0n) is 13.7. The molecule has 0 aliphatic carbocycles. The third-order valence-electron chi connectivity index (χ3n) is 3.41. The van der Waals surface area contributed by atoms with E-state index in [2.05, 4.69) is 17.0 Å². The van der Waals surface area contributed by atoms with Gasteiger partial charge < -0.3 is 4.74 Å². The highest BCUT2D eigenvalue weighted by atomic mass is 16.5. The second-order valence-electron chi connectivity index (χ2n) is 5.46. The molecule has 0 aliphatic heterocycles. The maximum atomic E-state index is 12.2. The molecule has 3 heteroatoms. The molecule has 0 spiro atoms. The Labute approximate surface area is 138 Å². The van der Waals surface area contributed by atoms with Crippen LogP contribution in [0.4, 0.5) is 0 Å². The molecule has 3 nitrogen and oxygen atoms in total. The van der Waals surface area contributed by atoms with Gasteiger partial charge in [-0.2, -0.15) is 0 Å². The summed E-state index contributed by atoms with van der Waals surface area (Å²) in [4.78, 5) is 14.3. The average molecular weight is 309 g/mol. The van der Waals surface area contributed by atoms with Gasteiger partial charge in [-0.25, -0.2) is 4.79 Å². The Morgan fingerprint density at radius 3 is 2.26 bits per heavy atom. The van der Waals surface area contributed by atoms with Crippen LogP contribution in [0.1, 0.15) is 18.1 Å². The van der Waals surface area contributed by atoms with Crippen molar-refractivity contribution in [2.45, 2.75) is 13.5 Å². The first-order valence-electron chi connectivity index (χ1n) is 7.84. The fraction of sp³-hybridized carbons (Fsp3) is 0.250. The van der Waals surface area contributed by atoms with Crippen LogP contribution >= 0.6 is 0 Å². The lowest BCUT2D eigenvalue weighted by Crippen LogP contribution is -2.24. The molecule has 0 bridgehead atoms. The Bertz CT molecular complexity index is 635. The van der Waals surface area contributed by atoms with Crippen LogP contribution in [0.5, 0.6) is 0 Å². The van der Waals surface area contributed by atoms with E-state index in [4.69, 9.17) is 4.74 Å². The molecule has 0 unspecified atom stereocenters. The van der Waals surface area contributed by atoms with Crippen molar-refractivity contribution in [3.05, 3.63) is 77.4 Å². The van der Waals surface area contributed by atoms with E-state index in [1.54, 1.807) is 0 Å². The average Bonchev–Trinajstić information content (AvgIpc) is 2.56. The number of benzene rings is 2. The fourth-order valence-corrected chi connectivity index (χ4v) is 2.39. The van der Waals surface area contributed by atoms with Crippen molar-refractivity contribution in [3.8, 4) is 0 Å². The SMILES string of the molecule is CCOC(=O)/C(=C/c1ccccc1)CN(C)Cc1ccccc1. The third kappa shape index (κ3) is 5.72. The highest BCUT2D eigenvalue weighted by Gasteiger charge is 2.13. The van der Waals surface area contributed by atoms with Crippen molar-refractivity contribution in [1.82, 2.24) is 4.90 Å². The van der Waals surface area contributed by atoms with Gasteiger partial charge in [-0.05, 0) is 31.2 Å². The van der Waals surface area contributed by atoms with E-state index in [1.165, 1.54) is 5.56 Å². The number of carbonyl (C=O) groups is 1. The lowest BCUT2D eigenvalue weighted by molar-refractivity contribution is -0.138. The number of nitrogens with zero attached hydrogens (tertiary/aromatic N) is 1. The Hall–Kier alpha value is -2.39. The van der Waals surface area contributed by atoms with Crippen LogP contribution in [-0.4, -0.2) is 31.1 Å². The molecule has 23 heavy (non-hydrogen) atoms. The van der Waals surface area contributed by atoms with Gasteiger partial charge in [0, 0.05) is 13.1 Å². The van der Waals surface area contributed by atoms with Gasteiger partial charge in [-0.15, -0.1) is 0 Å². The third-order valence-corrected chi connectivity index (χ3v) is 3.41. The summed E-state index contributed by atoms with van der Waals surface area (Å²) in [6, 6.07) is 20.1. The normalized spacial score (nSPS) is 11.5. The van der Waals surface area contributed by atoms with Crippen molar-refractivity contribution in [2.75, 3.05) is 20.2 Å². The molecule has 2 rings (SSSR count). The first-order chi connectivity index (χ1) is 11.2. The fourth-order valence-electron chi connectivity index (χ4n) is 2.39. The van der Waals surface area contributed by atoms with E-state index in [0.29, 0.717) is 18.7 Å². The van der Waals surface area contributed by atoms with Gasteiger partial charge in [0.1, 0.15) is 0 Å². The van der Waals surface area contributed by atoms with E-state index >= 15 is 0 Å². The highest BCUT2D eigenvalue weighted by molar-refractivity contribution is 5.94. The second-order valence-corrected chi connectivity index (χ2v) is 5.46. The molecule has 120 valence electrons. The molecular formula is C20H23NO2. The van der Waals surface area contributed by atoms with Crippen LogP contribution < -0.4 is 0 Å². The van der Waals surface area contributed by atoms with Gasteiger partial charge in [0.2, 0.25) is 0 Å². The molecule has 2 aromatic rings. The predicted molar refractivity (Wildman–Crippen MR) is 93.8 cm³/mol. The largest absolute Gasteiger partial charge is 0.463 e. The summed E-state index contributed by atoms with van der Waals surface area (Å²) in [5.74, 6) is -0.253. The minimum Gasteiger partial charge on any atom is -0.463 e. The molecule has 0 saturated heterocycles. The molecule has 0 saturated carbocycles. The maximum Gasteiger partial charge on any atom is 0.335 e. The van der Waals surface area contributed by atoms with Gasteiger partial charge in [0.05, 0.1) is 12.2 Å². The highest BCUT2D eigenvalue weighted by Crippen LogP contribution is 2.11. The maximum absolute atomic E-state index is 12.2. The standard InChI is InChI=1S/C20H23NO2/c1-3-23-20(22)19(14-17-10-6-4-7-11-17)16-21(2)15-18-12-8-5-9-13-18/h4-14H,3,15-16H2,1-2H3/b19-14+. The molecule has 0 amide bonds. The van der Waals surface area contributed by atoms with E-state index in [0.717, 1.165) is 12.1 Å². The van der Waals surface area contributed by atoms with Gasteiger partial charge in [-0.3, -0.25) is 4.90 Å². The van der Waals surface area contributed by atoms with Crippen LogP contribution in [-0.2, 0) is 16.1 Å². The number of likely N-dealkylation sites (N-methyl/N-ethyl adjacent to an activating group) is 1. The number of esters is 1. The predicted octanol–water partition coefficient (Wildman–Crippen LogP) is 3.77. The van der Waals surface area contributed by atoms with Crippen molar-refractivity contribution in [3.63, 3.8) is 0 Å². The number of rotatable bonds is 7. The van der Waals surface area contributed by atoms with Gasteiger partial charge in [0.15, 0.2) is 0 Å². The lowest BCUT2D eigenvalue weighted by atomic mass is 10.1. The van der Waals surface area contributed by atoms with Crippen molar-refractivity contribution in [2.24, 2.45) is 0 Å². The topological polar surface area (TPSA) is 29.5 Å². The van der Waals surface area contributed by atoms with Gasteiger partial charge in [0.25, 0.3) is 0 Å². The zero-order chi connectivity index (χ0) is 16.5. The summed E-state index contributed by atoms with van der Waals surface area (Å²) in [7, 11) is 2.01. The summed E-state index contributed by atoms with van der Waals surface area (Å²) >= 11 is 0. The van der Waals surface area contributed by atoms with Crippen LogP contribution in [0.15, 0.2) is 66.2 Å². The number of hydrogen-bond acceptors (Lipinski definition) is 3. The van der Waals surface area contributed by atoms with Crippen molar-refractivity contribution in [1.29, 1.82) is 0 Å². The van der Waals surface area contributed by atoms with E-state index < -0.39 is 0 Å². The smallest absolute Gasteiger partial charge is 0.335 e. The summed E-state index contributed by atoms with van der Waals surface area (Å²) < 4.78 is 5.19. The monoisotopic (exact) mass is 309 g/mol. The first-order valence-corrected chi connectivity index (χ1v) is 7.84. The molecule has 2 aromatic carbocycles. The number of ether oxygens (including phenoxy) is 1. The Kier molecular flexibility index (Phi) is 6.57. The molecule has 0 aromatic heterocycles. The number of carbonyl (C=O) groups excluding carboxylic acids is 1. The minimum atomic E-state index is -0.253.